The fourth-order valence-corrected chi connectivity index (χ4v) is 1.54. The maximum Gasteiger partial charge on any atom is 0.303 e. The highest BCUT2D eigenvalue weighted by Crippen LogP contribution is 2.15. The van der Waals surface area contributed by atoms with Crippen LogP contribution in [0.3, 0.4) is 0 Å². The average molecular weight is 235 g/mol. The van der Waals surface area contributed by atoms with Gasteiger partial charge in [-0.15, -0.1) is 0 Å². The lowest BCUT2D eigenvalue weighted by Crippen LogP contribution is -2.15. The Bertz CT molecular complexity index is 524. The maximum atomic E-state index is 10.5. The van der Waals surface area contributed by atoms with Gasteiger partial charge in [-0.1, -0.05) is 6.92 Å². The molecule has 0 aromatic carbocycles. The van der Waals surface area contributed by atoms with Gasteiger partial charge in [0.25, 0.3) is 0 Å². The van der Waals surface area contributed by atoms with Gasteiger partial charge in [0.1, 0.15) is 11.8 Å². The molecule has 0 radical (unpaired) electrons. The summed E-state index contributed by atoms with van der Waals surface area (Å²) in [5.74, 6) is -0.126. The first kappa shape index (κ1) is 11.3. The largest absolute Gasteiger partial charge is 0.481 e. The molecular weight excluding hydrogens is 222 g/mol. The molecule has 0 amide bonds. The predicted octanol–water partition coefficient (Wildman–Crippen LogP) is 0.876. The van der Waals surface area contributed by atoms with E-state index in [4.69, 9.17) is 5.11 Å². The summed E-state index contributed by atoms with van der Waals surface area (Å²) in [5, 5.41) is 11.7. The van der Waals surface area contributed by atoms with Crippen LogP contribution in [-0.2, 0) is 4.79 Å². The molecule has 0 aliphatic rings. The summed E-state index contributed by atoms with van der Waals surface area (Å²) in [7, 11) is 0. The molecule has 2 aromatic heterocycles. The number of carbonyl (C=O) groups is 1. The van der Waals surface area contributed by atoms with E-state index in [1.165, 1.54) is 6.33 Å². The van der Waals surface area contributed by atoms with E-state index in [1.54, 1.807) is 6.33 Å². The lowest BCUT2D eigenvalue weighted by Gasteiger charge is -2.10. The zero-order valence-electron chi connectivity index (χ0n) is 9.34. The summed E-state index contributed by atoms with van der Waals surface area (Å²) in [6.07, 6.45) is 3.10. The number of rotatable bonds is 5. The zero-order chi connectivity index (χ0) is 12.3. The van der Waals surface area contributed by atoms with Gasteiger partial charge < -0.3 is 15.4 Å². The third-order valence-electron chi connectivity index (χ3n) is 2.36. The zero-order valence-corrected chi connectivity index (χ0v) is 9.34. The Hall–Kier alpha value is -2.18. The van der Waals surface area contributed by atoms with Gasteiger partial charge in [0.15, 0.2) is 11.5 Å². The van der Waals surface area contributed by atoms with Crippen molar-refractivity contribution in [2.75, 3.05) is 11.9 Å². The molecule has 0 bridgehead atoms. The van der Waals surface area contributed by atoms with E-state index in [9.17, 15) is 4.79 Å². The van der Waals surface area contributed by atoms with Crippen molar-refractivity contribution < 1.29 is 9.90 Å². The van der Waals surface area contributed by atoms with Gasteiger partial charge in [-0.3, -0.25) is 4.79 Å². The first-order valence-electron chi connectivity index (χ1n) is 5.26. The summed E-state index contributed by atoms with van der Waals surface area (Å²) < 4.78 is 0. The van der Waals surface area contributed by atoms with Crippen LogP contribution in [0.4, 0.5) is 5.82 Å². The van der Waals surface area contributed by atoms with Crippen molar-refractivity contribution in [3.63, 3.8) is 0 Å². The quantitative estimate of drug-likeness (QED) is 0.710. The van der Waals surface area contributed by atoms with Gasteiger partial charge in [0, 0.05) is 13.0 Å². The number of imidazole rings is 1. The number of carboxylic acids is 1. The summed E-state index contributed by atoms with van der Waals surface area (Å²) in [4.78, 5) is 25.6. The van der Waals surface area contributed by atoms with E-state index in [2.05, 4.69) is 25.3 Å². The highest BCUT2D eigenvalue weighted by atomic mass is 16.4. The number of H-pyrrole nitrogens is 1. The Morgan fingerprint density at radius 2 is 2.35 bits per heavy atom. The Balaban J connectivity index is 2.03. The molecule has 0 spiro atoms. The third-order valence-corrected chi connectivity index (χ3v) is 2.36. The molecule has 0 saturated heterocycles. The number of aromatic amines is 1. The molecule has 0 saturated carbocycles. The van der Waals surface area contributed by atoms with Crippen LogP contribution in [0.2, 0.25) is 0 Å². The molecule has 1 unspecified atom stereocenters. The highest BCUT2D eigenvalue weighted by molar-refractivity contribution is 5.81. The molecule has 2 rings (SSSR count). The lowest BCUT2D eigenvalue weighted by atomic mass is 10.1. The number of fused-ring (bicyclic) bond motifs is 1. The van der Waals surface area contributed by atoms with E-state index in [0.29, 0.717) is 18.0 Å². The van der Waals surface area contributed by atoms with Crippen molar-refractivity contribution in [1.29, 1.82) is 0 Å². The first-order valence-corrected chi connectivity index (χ1v) is 5.26. The fraction of sp³-hybridized carbons (Fsp3) is 0.400. The molecule has 0 aliphatic carbocycles. The number of carboxylic acid groups (broad SMARTS) is 1. The van der Waals surface area contributed by atoms with Crippen LogP contribution < -0.4 is 5.32 Å². The molecule has 7 nitrogen and oxygen atoms in total. The second-order valence-corrected chi connectivity index (χ2v) is 3.91. The van der Waals surface area contributed by atoms with Gasteiger partial charge in [0.2, 0.25) is 0 Å². The van der Waals surface area contributed by atoms with Crippen LogP contribution in [0.15, 0.2) is 12.7 Å². The monoisotopic (exact) mass is 235 g/mol. The average Bonchev–Trinajstić information content (AvgIpc) is 2.73. The SMILES string of the molecule is CC(CNc1ncnc2nc[nH]c12)CC(=O)O. The van der Waals surface area contributed by atoms with Crippen LogP contribution in [-0.4, -0.2) is 37.6 Å². The highest BCUT2D eigenvalue weighted by Gasteiger charge is 2.09. The summed E-state index contributed by atoms with van der Waals surface area (Å²) in [5.41, 5.74) is 1.32. The number of nitrogens with one attached hydrogen (secondary N) is 2. The molecule has 0 aliphatic heterocycles. The Morgan fingerprint density at radius 3 is 3.12 bits per heavy atom. The minimum atomic E-state index is -0.798. The number of anilines is 1. The van der Waals surface area contributed by atoms with Gasteiger partial charge >= 0.3 is 5.97 Å². The molecule has 0 fully saturated rings. The number of nitrogens with zero attached hydrogens (tertiary/aromatic N) is 3. The van der Waals surface area contributed by atoms with Crippen molar-refractivity contribution in [2.45, 2.75) is 13.3 Å². The predicted molar refractivity (Wildman–Crippen MR) is 61.6 cm³/mol. The van der Waals surface area contributed by atoms with Crippen LogP contribution in [0, 0.1) is 5.92 Å². The van der Waals surface area contributed by atoms with Crippen LogP contribution in [0.1, 0.15) is 13.3 Å². The first-order chi connectivity index (χ1) is 8.16. The van der Waals surface area contributed by atoms with Gasteiger partial charge in [0.05, 0.1) is 6.33 Å². The topological polar surface area (TPSA) is 104 Å². The van der Waals surface area contributed by atoms with Crippen molar-refractivity contribution in [3.8, 4) is 0 Å². The van der Waals surface area contributed by atoms with Crippen molar-refractivity contribution in [3.05, 3.63) is 12.7 Å². The fourth-order valence-electron chi connectivity index (χ4n) is 1.54. The Labute approximate surface area is 97.3 Å². The molecule has 1 atom stereocenters. The van der Waals surface area contributed by atoms with E-state index in [-0.39, 0.29) is 12.3 Å². The molecule has 7 heteroatoms. The molecule has 2 aromatic rings. The number of hydrogen-bond donors (Lipinski definition) is 3. The minimum absolute atomic E-state index is 0.0282. The molecule has 17 heavy (non-hydrogen) atoms. The number of aliphatic carboxylic acids is 1. The summed E-state index contributed by atoms with van der Waals surface area (Å²) >= 11 is 0. The lowest BCUT2D eigenvalue weighted by molar-refractivity contribution is -0.137. The van der Waals surface area contributed by atoms with Crippen LogP contribution >= 0.6 is 0 Å². The van der Waals surface area contributed by atoms with E-state index < -0.39 is 5.97 Å². The Morgan fingerprint density at radius 1 is 1.53 bits per heavy atom. The van der Waals surface area contributed by atoms with E-state index in [1.807, 2.05) is 6.92 Å². The summed E-state index contributed by atoms with van der Waals surface area (Å²) in [6, 6.07) is 0. The smallest absolute Gasteiger partial charge is 0.303 e. The van der Waals surface area contributed by atoms with Crippen molar-refractivity contribution in [1.82, 2.24) is 19.9 Å². The normalized spacial score (nSPS) is 12.5. The van der Waals surface area contributed by atoms with Gasteiger partial charge in [-0.2, -0.15) is 0 Å². The second kappa shape index (κ2) is 4.77. The van der Waals surface area contributed by atoms with E-state index in [0.717, 1.165) is 5.52 Å². The number of hydrogen-bond acceptors (Lipinski definition) is 5. The second-order valence-electron chi connectivity index (χ2n) is 3.91. The van der Waals surface area contributed by atoms with Crippen LogP contribution in [0.5, 0.6) is 0 Å². The molecule has 2 heterocycles. The number of aromatic nitrogens is 4. The Kier molecular flexibility index (Phi) is 3.17. The molecular formula is C10H13N5O2. The molecule has 3 N–H and O–H groups in total. The third kappa shape index (κ3) is 2.68. The molecule has 90 valence electrons. The minimum Gasteiger partial charge on any atom is -0.481 e. The summed E-state index contributed by atoms with van der Waals surface area (Å²) in [6.45, 7) is 2.41. The van der Waals surface area contributed by atoms with Gasteiger partial charge in [-0.25, -0.2) is 15.0 Å². The van der Waals surface area contributed by atoms with Crippen molar-refractivity contribution in [2.24, 2.45) is 5.92 Å². The van der Waals surface area contributed by atoms with E-state index >= 15 is 0 Å². The maximum absolute atomic E-state index is 10.5. The van der Waals surface area contributed by atoms with Gasteiger partial charge in [-0.05, 0) is 5.92 Å². The van der Waals surface area contributed by atoms with Crippen LogP contribution in [0.25, 0.3) is 11.2 Å². The standard InChI is InChI=1S/C10H13N5O2/c1-6(2-7(16)17)3-11-9-8-10(13-4-12-8)15-5-14-9/h4-6H,2-3H2,1H3,(H,16,17)(H2,11,12,13,14,15). The van der Waals surface area contributed by atoms with Crippen molar-refractivity contribution >= 4 is 23.0 Å².